The molecule has 2 saturated heterocycles. The fourth-order valence-electron chi connectivity index (χ4n) is 3.32. The molecule has 0 bridgehead atoms. The SMILES string of the molecule is O=C(CCc1ccncc1)N1CCC[C@H]2CNC[C@H]21. The number of pyridine rings is 1. The molecule has 1 N–H and O–H groups in total. The zero-order valence-electron chi connectivity index (χ0n) is 11.2. The van der Waals surface area contributed by atoms with Crippen LogP contribution in [-0.4, -0.2) is 41.5 Å². The maximum Gasteiger partial charge on any atom is 0.223 e. The first-order valence-corrected chi connectivity index (χ1v) is 7.23. The Morgan fingerprint density at radius 1 is 1.37 bits per heavy atom. The van der Waals surface area contributed by atoms with Gasteiger partial charge in [0.05, 0.1) is 0 Å². The lowest BCUT2D eigenvalue weighted by Gasteiger charge is -2.37. The van der Waals surface area contributed by atoms with E-state index in [1.54, 1.807) is 12.4 Å². The van der Waals surface area contributed by atoms with Crippen LogP contribution in [0, 0.1) is 5.92 Å². The monoisotopic (exact) mass is 259 g/mol. The molecular weight excluding hydrogens is 238 g/mol. The van der Waals surface area contributed by atoms with E-state index in [1.807, 2.05) is 12.1 Å². The van der Waals surface area contributed by atoms with Crippen LogP contribution in [0.15, 0.2) is 24.5 Å². The quantitative estimate of drug-likeness (QED) is 0.888. The number of piperidine rings is 1. The third-order valence-electron chi connectivity index (χ3n) is 4.38. The summed E-state index contributed by atoms with van der Waals surface area (Å²) in [5.41, 5.74) is 1.20. The molecule has 1 aromatic rings. The van der Waals surface area contributed by atoms with Crippen LogP contribution in [0.25, 0.3) is 0 Å². The van der Waals surface area contributed by atoms with Gasteiger partial charge in [-0.25, -0.2) is 0 Å². The highest BCUT2D eigenvalue weighted by Crippen LogP contribution is 2.27. The van der Waals surface area contributed by atoms with Gasteiger partial charge < -0.3 is 10.2 Å². The second-order valence-corrected chi connectivity index (χ2v) is 5.57. The van der Waals surface area contributed by atoms with Crippen LogP contribution in [0.3, 0.4) is 0 Å². The van der Waals surface area contributed by atoms with Crippen LogP contribution in [0.4, 0.5) is 0 Å². The average Bonchev–Trinajstić information content (AvgIpc) is 2.94. The van der Waals surface area contributed by atoms with Crippen molar-refractivity contribution in [3.8, 4) is 0 Å². The van der Waals surface area contributed by atoms with Crippen LogP contribution >= 0.6 is 0 Å². The summed E-state index contributed by atoms with van der Waals surface area (Å²) < 4.78 is 0. The minimum atomic E-state index is 0.315. The Morgan fingerprint density at radius 2 is 2.21 bits per heavy atom. The fraction of sp³-hybridized carbons (Fsp3) is 0.600. The maximum atomic E-state index is 12.4. The standard InChI is InChI=1S/C15H21N3O/c19-15(4-3-12-5-7-16-8-6-12)18-9-1-2-13-10-17-11-14(13)18/h5-8,13-14,17H,1-4,9-11H2/t13-,14+/m0/s1. The van der Waals surface area contributed by atoms with Gasteiger partial charge in [-0.05, 0) is 42.9 Å². The van der Waals surface area contributed by atoms with Crippen molar-refractivity contribution in [2.45, 2.75) is 31.7 Å². The molecule has 0 unspecified atom stereocenters. The van der Waals surface area contributed by atoms with Gasteiger partial charge in [-0.1, -0.05) is 0 Å². The molecule has 4 heteroatoms. The average molecular weight is 259 g/mol. The number of likely N-dealkylation sites (tertiary alicyclic amines) is 1. The van der Waals surface area contributed by atoms with E-state index in [2.05, 4.69) is 15.2 Å². The number of aryl methyl sites for hydroxylation is 1. The van der Waals surface area contributed by atoms with Crippen LogP contribution in [-0.2, 0) is 11.2 Å². The molecule has 1 aromatic heterocycles. The zero-order chi connectivity index (χ0) is 13.1. The predicted molar refractivity (Wildman–Crippen MR) is 73.7 cm³/mol. The van der Waals surface area contributed by atoms with Gasteiger partial charge in [-0.15, -0.1) is 0 Å². The third kappa shape index (κ3) is 2.78. The van der Waals surface area contributed by atoms with Gasteiger partial charge in [0.25, 0.3) is 0 Å². The third-order valence-corrected chi connectivity index (χ3v) is 4.38. The number of hydrogen-bond donors (Lipinski definition) is 1. The molecule has 2 atom stereocenters. The van der Waals surface area contributed by atoms with E-state index in [9.17, 15) is 4.79 Å². The van der Waals surface area contributed by atoms with Gasteiger partial charge in [0.15, 0.2) is 0 Å². The second-order valence-electron chi connectivity index (χ2n) is 5.57. The predicted octanol–water partition coefficient (Wildman–Crippen LogP) is 1.22. The van der Waals surface area contributed by atoms with E-state index in [0.717, 1.165) is 32.5 Å². The van der Waals surface area contributed by atoms with Crippen molar-refractivity contribution in [3.63, 3.8) is 0 Å². The van der Waals surface area contributed by atoms with Crippen molar-refractivity contribution in [1.82, 2.24) is 15.2 Å². The molecule has 0 aromatic carbocycles. The number of nitrogens with zero attached hydrogens (tertiary/aromatic N) is 2. The topological polar surface area (TPSA) is 45.2 Å². The number of nitrogens with one attached hydrogen (secondary N) is 1. The summed E-state index contributed by atoms with van der Waals surface area (Å²) in [6, 6.07) is 4.42. The van der Waals surface area contributed by atoms with E-state index in [-0.39, 0.29) is 0 Å². The summed E-state index contributed by atoms with van der Waals surface area (Å²) in [5.74, 6) is 0.994. The van der Waals surface area contributed by atoms with E-state index < -0.39 is 0 Å². The number of hydrogen-bond acceptors (Lipinski definition) is 3. The number of aromatic nitrogens is 1. The van der Waals surface area contributed by atoms with Crippen molar-refractivity contribution in [1.29, 1.82) is 0 Å². The number of amides is 1. The molecule has 0 saturated carbocycles. The molecule has 102 valence electrons. The minimum Gasteiger partial charge on any atom is -0.338 e. The first kappa shape index (κ1) is 12.6. The summed E-state index contributed by atoms with van der Waals surface area (Å²) in [4.78, 5) is 18.5. The van der Waals surface area contributed by atoms with E-state index in [1.165, 1.54) is 12.0 Å². The first-order chi connectivity index (χ1) is 9.34. The molecule has 2 fully saturated rings. The van der Waals surface area contributed by atoms with Gasteiger partial charge in [0.1, 0.15) is 0 Å². The van der Waals surface area contributed by atoms with Crippen LogP contribution in [0.5, 0.6) is 0 Å². The molecule has 0 spiro atoms. The van der Waals surface area contributed by atoms with Crippen LogP contribution < -0.4 is 5.32 Å². The molecular formula is C15H21N3O. The van der Waals surface area contributed by atoms with Crippen molar-refractivity contribution < 1.29 is 4.79 Å². The highest BCUT2D eigenvalue weighted by atomic mass is 16.2. The Balaban J connectivity index is 1.57. The molecule has 3 heterocycles. The zero-order valence-corrected chi connectivity index (χ0v) is 11.2. The van der Waals surface area contributed by atoms with Crippen LogP contribution in [0.2, 0.25) is 0 Å². The number of carbonyl (C=O) groups excluding carboxylic acids is 1. The van der Waals surface area contributed by atoms with Gasteiger partial charge in [0.2, 0.25) is 5.91 Å². The smallest absolute Gasteiger partial charge is 0.223 e. The number of carbonyl (C=O) groups is 1. The van der Waals surface area contributed by atoms with Gasteiger partial charge >= 0.3 is 0 Å². The van der Waals surface area contributed by atoms with Crippen molar-refractivity contribution in [2.75, 3.05) is 19.6 Å². The Kier molecular flexibility index (Phi) is 3.78. The van der Waals surface area contributed by atoms with E-state index in [4.69, 9.17) is 0 Å². The molecule has 1 amide bonds. The lowest BCUT2D eigenvalue weighted by atomic mass is 9.91. The maximum absolute atomic E-state index is 12.4. The molecule has 0 radical (unpaired) electrons. The van der Waals surface area contributed by atoms with Crippen molar-refractivity contribution in [3.05, 3.63) is 30.1 Å². The molecule has 2 aliphatic heterocycles. The molecule has 3 rings (SSSR count). The Labute approximate surface area is 114 Å². The van der Waals surface area contributed by atoms with Crippen molar-refractivity contribution in [2.24, 2.45) is 5.92 Å². The number of rotatable bonds is 3. The normalized spacial score (nSPS) is 26.2. The van der Waals surface area contributed by atoms with Gasteiger partial charge in [-0.2, -0.15) is 0 Å². The first-order valence-electron chi connectivity index (χ1n) is 7.23. The Bertz CT molecular complexity index is 434. The largest absolute Gasteiger partial charge is 0.338 e. The molecule has 0 aliphatic carbocycles. The second kappa shape index (κ2) is 5.70. The lowest BCUT2D eigenvalue weighted by molar-refractivity contribution is -0.135. The summed E-state index contributed by atoms with van der Waals surface area (Å²) in [6.45, 7) is 3.00. The van der Waals surface area contributed by atoms with Crippen molar-refractivity contribution >= 4 is 5.91 Å². The summed E-state index contributed by atoms with van der Waals surface area (Å²) >= 11 is 0. The highest BCUT2D eigenvalue weighted by Gasteiger charge is 2.36. The molecule has 4 nitrogen and oxygen atoms in total. The Morgan fingerprint density at radius 3 is 3.05 bits per heavy atom. The summed E-state index contributed by atoms with van der Waals surface area (Å²) in [6.07, 6.45) is 7.45. The molecule has 2 aliphatic rings. The van der Waals surface area contributed by atoms with E-state index in [0.29, 0.717) is 24.3 Å². The Hall–Kier alpha value is -1.42. The van der Waals surface area contributed by atoms with Crippen LogP contribution in [0.1, 0.15) is 24.8 Å². The highest BCUT2D eigenvalue weighted by molar-refractivity contribution is 5.77. The fourth-order valence-corrected chi connectivity index (χ4v) is 3.32. The van der Waals surface area contributed by atoms with Gasteiger partial charge in [0, 0.05) is 44.5 Å². The summed E-state index contributed by atoms with van der Waals surface area (Å²) in [5, 5.41) is 3.42. The lowest BCUT2D eigenvalue weighted by Crippen LogP contribution is -2.48. The summed E-state index contributed by atoms with van der Waals surface area (Å²) in [7, 11) is 0. The van der Waals surface area contributed by atoms with Gasteiger partial charge in [-0.3, -0.25) is 9.78 Å². The van der Waals surface area contributed by atoms with E-state index >= 15 is 0 Å². The minimum absolute atomic E-state index is 0.315. The molecule has 19 heavy (non-hydrogen) atoms. The number of fused-ring (bicyclic) bond motifs is 1.